The fourth-order valence-electron chi connectivity index (χ4n) is 2.88. The van der Waals surface area contributed by atoms with Gasteiger partial charge < -0.3 is 19.9 Å². The minimum atomic E-state index is -1.50. The van der Waals surface area contributed by atoms with E-state index in [0.717, 1.165) is 6.07 Å². The zero-order valence-corrected chi connectivity index (χ0v) is 15.2. The number of hydrogen-bond donors (Lipinski definition) is 1. The number of hydrogen-bond acceptors (Lipinski definition) is 3. The third-order valence-corrected chi connectivity index (χ3v) is 4.56. The Hall–Kier alpha value is -2.61. The molecule has 0 atom stereocenters. The van der Waals surface area contributed by atoms with Crippen molar-refractivity contribution in [1.82, 2.24) is 4.90 Å². The van der Waals surface area contributed by atoms with Crippen LogP contribution in [0.3, 0.4) is 0 Å². The molecule has 0 spiro atoms. The molecular formula is C18H17ClF3N3O2. The average Bonchev–Trinajstić information content (AvgIpc) is 2.67. The van der Waals surface area contributed by atoms with E-state index in [2.05, 4.69) is 5.32 Å². The summed E-state index contributed by atoms with van der Waals surface area (Å²) in [6, 6.07) is 6.58. The highest BCUT2D eigenvalue weighted by Crippen LogP contribution is 2.28. The van der Waals surface area contributed by atoms with Crippen molar-refractivity contribution in [3.8, 4) is 5.75 Å². The van der Waals surface area contributed by atoms with Gasteiger partial charge in [-0.1, -0.05) is 11.6 Å². The van der Waals surface area contributed by atoms with Gasteiger partial charge in [0.2, 0.25) is 0 Å². The zero-order chi connectivity index (χ0) is 19.6. The number of urea groups is 1. The van der Waals surface area contributed by atoms with Crippen LogP contribution < -0.4 is 15.0 Å². The lowest BCUT2D eigenvalue weighted by molar-refractivity contribution is 0.208. The number of benzene rings is 2. The number of ether oxygens (including phenoxy) is 1. The Labute approximate surface area is 159 Å². The highest BCUT2D eigenvalue weighted by Gasteiger charge is 2.25. The first-order valence-electron chi connectivity index (χ1n) is 8.18. The molecule has 0 aliphatic carbocycles. The number of carbonyl (C=O) groups excluding carboxylic acids is 1. The van der Waals surface area contributed by atoms with Crippen LogP contribution in [0, 0.1) is 17.5 Å². The molecule has 1 N–H and O–H groups in total. The minimum Gasteiger partial charge on any atom is -0.495 e. The first-order chi connectivity index (χ1) is 12.9. The van der Waals surface area contributed by atoms with Gasteiger partial charge in [-0.05, 0) is 30.3 Å². The Kier molecular flexibility index (Phi) is 5.65. The summed E-state index contributed by atoms with van der Waals surface area (Å²) in [7, 11) is 1.48. The number of halogens is 4. The van der Waals surface area contributed by atoms with Crippen LogP contribution >= 0.6 is 11.6 Å². The van der Waals surface area contributed by atoms with Crippen LogP contribution in [-0.2, 0) is 0 Å². The third kappa shape index (κ3) is 4.05. The summed E-state index contributed by atoms with van der Waals surface area (Å²) in [4.78, 5) is 15.6. The third-order valence-electron chi connectivity index (χ3n) is 4.33. The van der Waals surface area contributed by atoms with Crippen LogP contribution in [0.25, 0.3) is 0 Å². The number of nitrogens with zero attached hydrogens (tertiary/aromatic N) is 2. The Balaban J connectivity index is 1.65. The lowest BCUT2D eigenvalue weighted by atomic mass is 10.2. The van der Waals surface area contributed by atoms with E-state index in [1.54, 1.807) is 23.1 Å². The van der Waals surface area contributed by atoms with E-state index in [9.17, 15) is 18.0 Å². The first kappa shape index (κ1) is 19.2. The van der Waals surface area contributed by atoms with Crippen LogP contribution in [0.1, 0.15) is 0 Å². The van der Waals surface area contributed by atoms with Crippen molar-refractivity contribution < 1.29 is 22.7 Å². The number of methoxy groups -OCH3 is 1. The lowest BCUT2D eigenvalue weighted by Gasteiger charge is -2.36. The van der Waals surface area contributed by atoms with Gasteiger partial charge in [-0.3, -0.25) is 0 Å². The summed E-state index contributed by atoms with van der Waals surface area (Å²) in [5.74, 6) is -3.49. The maximum absolute atomic E-state index is 13.9. The Morgan fingerprint density at radius 2 is 1.78 bits per heavy atom. The number of amides is 2. The van der Waals surface area contributed by atoms with Gasteiger partial charge in [0.1, 0.15) is 5.75 Å². The number of anilines is 2. The molecule has 2 aromatic carbocycles. The molecule has 0 radical (unpaired) electrons. The number of nitrogens with one attached hydrogen (secondary N) is 1. The van der Waals surface area contributed by atoms with Gasteiger partial charge >= 0.3 is 6.03 Å². The smallest absolute Gasteiger partial charge is 0.322 e. The molecule has 2 amide bonds. The Morgan fingerprint density at radius 3 is 2.44 bits per heavy atom. The maximum atomic E-state index is 13.9. The molecule has 3 rings (SSSR count). The molecule has 0 saturated carbocycles. The Morgan fingerprint density at radius 1 is 1.07 bits per heavy atom. The van der Waals surface area contributed by atoms with E-state index in [1.165, 1.54) is 18.1 Å². The summed E-state index contributed by atoms with van der Waals surface area (Å²) in [5.41, 5.74) is 0.412. The zero-order valence-electron chi connectivity index (χ0n) is 14.4. The second kappa shape index (κ2) is 7.96. The van der Waals surface area contributed by atoms with Crippen molar-refractivity contribution in [2.24, 2.45) is 0 Å². The monoisotopic (exact) mass is 399 g/mol. The van der Waals surface area contributed by atoms with Gasteiger partial charge in [-0.25, -0.2) is 18.0 Å². The van der Waals surface area contributed by atoms with E-state index in [-0.39, 0.29) is 37.9 Å². The molecule has 2 aromatic rings. The van der Waals surface area contributed by atoms with E-state index >= 15 is 0 Å². The van der Waals surface area contributed by atoms with E-state index < -0.39 is 17.5 Å². The summed E-state index contributed by atoms with van der Waals surface area (Å²) in [5, 5.41) is 3.18. The molecule has 27 heavy (non-hydrogen) atoms. The molecule has 0 aromatic heterocycles. The fourth-order valence-corrected chi connectivity index (χ4v) is 3.05. The van der Waals surface area contributed by atoms with E-state index in [0.29, 0.717) is 16.5 Å². The van der Waals surface area contributed by atoms with Gasteiger partial charge in [0, 0.05) is 31.2 Å². The molecular weight excluding hydrogens is 383 g/mol. The Bertz CT molecular complexity index is 858. The van der Waals surface area contributed by atoms with E-state index in [4.69, 9.17) is 16.3 Å². The number of rotatable bonds is 3. The fraction of sp³-hybridized carbons (Fsp3) is 0.278. The second-order valence-electron chi connectivity index (χ2n) is 5.94. The molecule has 1 fully saturated rings. The van der Waals surface area contributed by atoms with Gasteiger partial charge in [-0.2, -0.15) is 0 Å². The maximum Gasteiger partial charge on any atom is 0.322 e. The molecule has 1 aliphatic heterocycles. The predicted molar refractivity (Wildman–Crippen MR) is 97.1 cm³/mol. The quantitative estimate of drug-likeness (QED) is 0.790. The van der Waals surface area contributed by atoms with Crippen molar-refractivity contribution in [2.75, 3.05) is 43.5 Å². The topological polar surface area (TPSA) is 44.8 Å². The number of piperazine rings is 1. The lowest BCUT2D eigenvalue weighted by Crippen LogP contribution is -2.50. The van der Waals surface area contributed by atoms with Gasteiger partial charge in [0.05, 0.1) is 18.5 Å². The molecule has 144 valence electrons. The van der Waals surface area contributed by atoms with Crippen LogP contribution in [0.4, 0.5) is 29.3 Å². The van der Waals surface area contributed by atoms with E-state index in [1.807, 2.05) is 0 Å². The first-order valence-corrected chi connectivity index (χ1v) is 8.56. The summed E-state index contributed by atoms with van der Waals surface area (Å²) in [6.45, 7) is 1.13. The van der Waals surface area contributed by atoms with Crippen molar-refractivity contribution >= 4 is 29.0 Å². The predicted octanol–water partition coefficient (Wildman–Crippen LogP) is 4.12. The highest BCUT2D eigenvalue weighted by molar-refractivity contribution is 6.31. The molecule has 9 heteroatoms. The van der Waals surface area contributed by atoms with Crippen LogP contribution in [-0.4, -0.2) is 44.2 Å². The van der Waals surface area contributed by atoms with Crippen molar-refractivity contribution in [2.45, 2.75) is 0 Å². The van der Waals surface area contributed by atoms with Crippen LogP contribution in [0.15, 0.2) is 30.3 Å². The van der Waals surface area contributed by atoms with Crippen molar-refractivity contribution in [3.63, 3.8) is 0 Å². The largest absolute Gasteiger partial charge is 0.495 e. The normalized spacial score (nSPS) is 14.3. The molecule has 0 unspecified atom stereocenters. The second-order valence-corrected chi connectivity index (χ2v) is 6.38. The molecule has 1 aliphatic rings. The summed E-state index contributed by atoms with van der Waals surface area (Å²) >= 11 is 5.95. The van der Waals surface area contributed by atoms with Crippen molar-refractivity contribution in [1.29, 1.82) is 0 Å². The summed E-state index contributed by atoms with van der Waals surface area (Å²) < 4.78 is 45.6. The van der Waals surface area contributed by atoms with Crippen LogP contribution in [0.2, 0.25) is 5.02 Å². The molecule has 1 heterocycles. The minimum absolute atomic E-state index is 0.0227. The van der Waals surface area contributed by atoms with Gasteiger partial charge in [0.25, 0.3) is 0 Å². The number of carbonyl (C=O) groups is 1. The van der Waals surface area contributed by atoms with Crippen LogP contribution in [0.5, 0.6) is 5.75 Å². The van der Waals surface area contributed by atoms with Gasteiger partial charge in [0.15, 0.2) is 17.5 Å². The molecule has 1 saturated heterocycles. The van der Waals surface area contributed by atoms with Gasteiger partial charge in [-0.15, -0.1) is 0 Å². The molecule has 5 nitrogen and oxygen atoms in total. The average molecular weight is 400 g/mol. The van der Waals surface area contributed by atoms with Crippen molar-refractivity contribution in [3.05, 3.63) is 52.8 Å². The highest BCUT2D eigenvalue weighted by atomic mass is 35.5. The standard InChI is InChI=1S/C18H17ClF3N3O2/c1-27-15-5-2-11(19)10-13(15)23-18(26)25-8-6-24(7-9-25)14-4-3-12(20)16(21)17(14)22/h2-5,10H,6-9H2,1H3,(H,23,26). The molecule has 0 bridgehead atoms. The SMILES string of the molecule is COc1ccc(Cl)cc1NC(=O)N1CCN(c2ccc(F)c(F)c2F)CC1. The summed E-state index contributed by atoms with van der Waals surface area (Å²) in [6.07, 6.45) is 0.